The molecule has 0 saturated carbocycles. The number of carbonyl (C=O) groups is 2. The van der Waals surface area contributed by atoms with Gasteiger partial charge in [0.25, 0.3) is 0 Å². The third-order valence-corrected chi connectivity index (χ3v) is 4.60. The molecule has 0 heterocycles. The van der Waals surface area contributed by atoms with Crippen LogP contribution < -0.4 is 5.11 Å². The molecule has 0 N–H and O–H groups in total. The lowest BCUT2D eigenvalue weighted by molar-refractivity contribution is -0.254. The van der Waals surface area contributed by atoms with Crippen LogP contribution in [0.4, 0.5) is 13.2 Å². The zero-order chi connectivity index (χ0) is 21.3. The highest BCUT2D eigenvalue weighted by atomic mass is 35.5. The molecular weight excluding hydrogens is 428 g/mol. The Morgan fingerprint density at radius 1 is 0.862 bits per heavy atom. The van der Waals surface area contributed by atoms with Gasteiger partial charge in [-0.25, -0.2) is 0 Å². The van der Waals surface area contributed by atoms with E-state index >= 15 is 0 Å². The van der Waals surface area contributed by atoms with Gasteiger partial charge in [0.1, 0.15) is 0 Å². The fourth-order valence-electron chi connectivity index (χ4n) is 2.94. The van der Waals surface area contributed by atoms with Crippen molar-refractivity contribution in [2.45, 2.75) is 6.18 Å². The van der Waals surface area contributed by atoms with Gasteiger partial charge >= 0.3 is 6.18 Å². The molecule has 0 saturated heterocycles. The molecule has 3 nitrogen and oxygen atoms in total. The molecule has 0 aromatic heterocycles. The van der Waals surface area contributed by atoms with E-state index in [0.717, 1.165) is 24.3 Å². The second-order valence-corrected chi connectivity index (χ2v) is 6.94. The Kier molecular flexibility index (Phi) is 5.68. The second-order valence-electron chi connectivity index (χ2n) is 6.07. The maximum absolute atomic E-state index is 13.6. The number of aromatic carboxylic acids is 1. The lowest BCUT2D eigenvalue weighted by Crippen LogP contribution is -2.22. The normalized spacial score (nSPS) is 12.2. The largest absolute Gasteiger partial charge is 0.545 e. The molecule has 0 amide bonds. The molecule has 0 fully saturated rings. The van der Waals surface area contributed by atoms with E-state index in [9.17, 15) is 27.9 Å². The van der Waals surface area contributed by atoms with E-state index in [0.29, 0.717) is 6.08 Å². The summed E-state index contributed by atoms with van der Waals surface area (Å²) in [6, 6.07) is 11.7. The van der Waals surface area contributed by atoms with E-state index < -0.39 is 23.5 Å². The fourth-order valence-corrected chi connectivity index (χ4v) is 3.46. The van der Waals surface area contributed by atoms with Crippen molar-refractivity contribution in [1.82, 2.24) is 0 Å². The Morgan fingerprint density at radius 2 is 1.38 bits per heavy atom. The summed E-state index contributed by atoms with van der Waals surface area (Å²) in [5.74, 6) is -2.41. The molecule has 29 heavy (non-hydrogen) atoms. The van der Waals surface area contributed by atoms with Crippen LogP contribution in [0.3, 0.4) is 0 Å². The van der Waals surface area contributed by atoms with Crippen molar-refractivity contribution in [3.8, 4) is 0 Å². The molecule has 3 aromatic rings. The summed E-state index contributed by atoms with van der Waals surface area (Å²) in [5, 5.41) is 11.6. The highest BCUT2D eigenvalue weighted by Gasteiger charge is 2.36. The van der Waals surface area contributed by atoms with Crippen molar-refractivity contribution < 1.29 is 27.9 Å². The lowest BCUT2D eigenvalue weighted by Gasteiger charge is -2.14. The van der Waals surface area contributed by atoms with Gasteiger partial charge in [-0.3, -0.25) is 4.79 Å². The van der Waals surface area contributed by atoms with Crippen molar-refractivity contribution in [2.24, 2.45) is 0 Å². The van der Waals surface area contributed by atoms with Crippen molar-refractivity contribution in [3.05, 3.63) is 87.4 Å². The van der Waals surface area contributed by atoms with Crippen LogP contribution in [0.1, 0.15) is 26.3 Å². The molecule has 8 heteroatoms. The van der Waals surface area contributed by atoms with Crippen LogP contribution >= 0.6 is 23.2 Å². The standard InChI is InChI=1S/C21H11Cl2F3O3/c22-12-7-11(8-13(23)9-12)18(21(24,25)26)10-19(27)16-5-6-17(20(28)29)15-4-2-1-3-14(15)16/h1-10H,(H,28,29)/p-1. The number of benzene rings is 3. The quantitative estimate of drug-likeness (QED) is 0.408. The van der Waals surface area contributed by atoms with Gasteiger partial charge in [0, 0.05) is 21.2 Å². The molecule has 3 rings (SSSR count). The van der Waals surface area contributed by atoms with Gasteiger partial charge in [0.2, 0.25) is 0 Å². The van der Waals surface area contributed by atoms with E-state index in [1.54, 1.807) is 12.1 Å². The zero-order valence-corrected chi connectivity index (χ0v) is 15.9. The monoisotopic (exact) mass is 437 g/mol. The van der Waals surface area contributed by atoms with Gasteiger partial charge in [0.05, 0.1) is 11.5 Å². The molecule has 0 radical (unpaired) electrons. The van der Waals surface area contributed by atoms with Crippen LogP contribution in [0.25, 0.3) is 16.3 Å². The molecule has 0 aliphatic rings. The van der Waals surface area contributed by atoms with Crippen LogP contribution in [0.15, 0.2) is 60.7 Å². The van der Waals surface area contributed by atoms with Gasteiger partial charge in [0.15, 0.2) is 5.78 Å². The molecule has 0 aliphatic heterocycles. The number of hydrogen-bond donors (Lipinski definition) is 0. The first-order valence-electron chi connectivity index (χ1n) is 8.10. The predicted octanol–water partition coefficient (Wildman–Crippen LogP) is 5.34. The molecule has 0 unspecified atom stereocenters. The Hall–Kier alpha value is -2.83. The van der Waals surface area contributed by atoms with Crippen LogP contribution in [0.2, 0.25) is 10.0 Å². The third-order valence-electron chi connectivity index (χ3n) is 4.16. The molecular formula is C21H10Cl2F3O3-. The van der Waals surface area contributed by atoms with E-state index in [-0.39, 0.29) is 37.5 Å². The van der Waals surface area contributed by atoms with E-state index in [1.165, 1.54) is 18.2 Å². The topological polar surface area (TPSA) is 57.2 Å². The summed E-state index contributed by atoms with van der Waals surface area (Å²) >= 11 is 11.6. The zero-order valence-electron chi connectivity index (χ0n) is 14.4. The summed E-state index contributed by atoms with van der Waals surface area (Å²) in [6.45, 7) is 0. The first kappa shape index (κ1) is 20.9. The number of carboxylic acids is 1. The first-order valence-corrected chi connectivity index (χ1v) is 8.86. The third kappa shape index (κ3) is 4.44. The van der Waals surface area contributed by atoms with Crippen molar-refractivity contribution >= 4 is 51.3 Å². The predicted molar refractivity (Wildman–Crippen MR) is 103 cm³/mol. The summed E-state index contributed by atoms with van der Waals surface area (Å²) in [5.41, 5.74) is -1.83. The molecule has 0 spiro atoms. The van der Waals surface area contributed by atoms with Crippen LogP contribution in [-0.4, -0.2) is 17.9 Å². The maximum Gasteiger partial charge on any atom is 0.417 e. The molecule has 0 atom stereocenters. The smallest absolute Gasteiger partial charge is 0.417 e. The van der Waals surface area contributed by atoms with Gasteiger partial charge < -0.3 is 9.90 Å². The number of allylic oxidation sites excluding steroid dienone is 2. The van der Waals surface area contributed by atoms with E-state index in [2.05, 4.69) is 0 Å². The van der Waals surface area contributed by atoms with Gasteiger partial charge in [-0.1, -0.05) is 53.5 Å². The number of hydrogen-bond acceptors (Lipinski definition) is 3. The summed E-state index contributed by atoms with van der Waals surface area (Å²) < 4.78 is 40.9. The molecule has 148 valence electrons. The summed E-state index contributed by atoms with van der Waals surface area (Å²) in [7, 11) is 0. The minimum atomic E-state index is -4.86. The molecule has 0 bridgehead atoms. The minimum Gasteiger partial charge on any atom is -0.545 e. The van der Waals surface area contributed by atoms with Crippen molar-refractivity contribution in [3.63, 3.8) is 0 Å². The number of alkyl halides is 3. The second kappa shape index (κ2) is 7.89. The van der Waals surface area contributed by atoms with E-state index in [4.69, 9.17) is 23.2 Å². The minimum absolute atomic E-state index is 0.0149. The van der Waals surface area contributed by atoms with Gasteiger partial charge in [-0.05, 0) is 46.7 Å². The Bertz CT molecular complexity index is 1150. The first-order chi connectivity index (χ1) is 13.6. The lowest BCUT2D eigenvalue weighted by atomic mass is 9.95. The number of rotatable bonds is 4. The van der Waals surface area contributed by atoms with Crippen molar-refractivity contribution in [2.75, 3.05) is 0 Å². The summed E-state index contributed by atoms with van der Waals surface area (Å²) in [4.78, 5) is 24.0. The van der Waals surface area contributed by atoms with Crippen LogP contribution in [0, 0.1) is 0 Å². The molecule has 0 aliphatic carbocycles. The average Bonchev–Trinajstić information content (AvgIpc) is 2.63. The number of carbonyl (C=O) groups excluding carboxylic acids is 2. The van der Waals surface area contributed by atoms with Crippen molar-refractivity contribution in [1.29, 1.82) is 0 Å². The summed E-state index contributed by atoms with van der Waals surface area (Å²) in [6.07, 6.45) is -4.41. The average molecular weight is 438 g/mol. The van der Waals surface area contributed by atoms with Gasteiger partial charge in [-0.2, -0.15) is 13.2 Å². The number of halogens is 5. The van der Waals surface area contributed by atoms with E-state index in [1.807, 2.05) is 0 Å². The Labute approximate surface area is 173 Å². The highest BCUT2D eigenvalue weighted by Crippen LogP contribution is 2.37. The number of carboxylic acid groups (broad SMARTS) is 1. The number of fused-ring (bicyclic) bond motifs is 1. The highest BCUT2D eigenvalue weighted by molar-refractivity contribution is 6.35. The fraction of sp³-hybridized carbons (Fsp3) is 0.0476. The Balaban J connectivity index is 2.19. The van der Waals surface area contributed by atoms with Gasteiger partial charge in [-0.15, -0.1) is 0 Å². The SMILES string of the molecule is O=C([O-])c1ccc(C(=O)C=C(c2cc(Cl)cc(Cl)c2)C(F)(F)F)c2ccccc12. The van der Waals surface area contributed by atoms with Crippen LogP contribution in [-0.2, 0) is 0 Å². The Morgan fingerprint density at radius 3 is 1.90 bits per heavy atom. The number of ketones is 1. The van der Waals surface area contributed by atoms with Crippen LogP contribution in [0.5, 0.6) is 0 Å². The maximum atomic E-state index is 13.6. The molecule has 3 aromatic carbocycles.